The first-order chi connectivity index (χ1) is 11.5. The molecule has 0 fully saturated rings. The van der Waals surface area contributed by atoms with Crippen LogP contribution in [0, 0.1) is 0 Å². The molecule has 0 unspecified atom stereocenters. The first-order valence-corrected chi connectivity index (χ1v) is 9.21. The average molecular weight is 335 g/mol. The second-order valence-corrected chi connectivity index (χ2v) is 5.71. The van der Waals surface area contributed by atoms with Crippen molar-refractivity contribution in [2.24, 2.45) is 5.73 Å². The third-order valence-electron chi connectivity index (χ3n) is 4.66. The number of rotatable bonds is 10. The zero-order valence-corrected chi connectivity index (χ0v) is 16.2. The molecular formula is C19H34N4O. The summed E-state index contributed by atoms with van der Waals surface area (Å²) in [6.07, 6.45) is 0. The maximum absolute atomic E-state index is 12.1. The molecule has 2 N–H and O–H groups in total. The third-order valence-corrected chi connectivity index (χ3v) is 4.66. The molecule has 136 valence electrons. The molecule has 1 amide bonds. The fourth-order valence-electron chi connectivity index (χ4n) is 3.30. The molecule has 0 saturated heterocycles. The van der Waals surface area contributed by atoms with E-state index in [1.807, 2.05) is 12.1 Å². The standard InChI is InChI=1S/C19H34N4O/c1-7-21(8-2)16-14-13-15(19(20)24)17(22(9-3)10-4)18(16)23(11-5)12-6/h13-14H,7-12H2,1-6H3,(H2,20,24). The van der Waals surface area contributed by atoms with Crippen molar-refractivity contribution in [3.63, 3.8) is 0 Å². The smallest absolute Gasteiger partial charge is 0.250 e. The van der Waals surface area contributed by atoms with E-state index >= 15 is 0 Å². The van der Waals surface area contributed by atoms with E-state index in [0.29, 0.717) is 5.56 Å². The quantitative estimate of drug-likeness (QED) is 0.713. The summed E-state index contributed by atoms with van der Waals surface area (Å²) < 4.78 is 0. The molecule has 1 rings (SSSR count). The van der Waals surface area contributed by atoms with Gasteiger partial charge in [0.15, 0.2) is 0 Å². The minimum absolute atomic E-state index is 0.364. The van der Waals surface area contributed by atoms with Crippen molar-refractivity contribution in [3.05, 3.63) is 17.7 Å². The summed E-state index contributed by atoms with van der Waals surface area (Å²) in [5.74, 6) is -0.364. The Morgan fingerprint density at radius 2 is 1.17 bits per heavy atom. The van der Waals surface area contributed by atoms with Crippen LogP contribution in [0.25, 0.3) is 0 Å². The zero-order chi connectivity index (χ0) is 18.3. The topological polar surface area (TPSA) is 52.8 Å². The maximum atomic E-state index is 12.1. The van der Waals surface area contributed by atoms with E-state index in [0.717, 1.165) is 50.6 Å². The lowest BCUT2D eigenvalue weighted by Gasteiger charge is -2.36. The molecule has 0 saturated carbocycles. The highest BCUT2D eigenvalue weighted by Crippen LogP contribution is 2.41. The number of hydrogen-bond acceptors (Lipinski definition) is 4. The highest BCUT2D eigenvalue weighted by atomic mass is 16.1. The van der Waals surface area contributed by atoms with Crippen molar-refractivity contribution in [2.75, 3.05) is 54.0 Å². The number of amides is 1. The summed E-state index contributed by atoms with van der Waals surface area (Å²) >= 11 is 0. The minimum atomic E-state index is -0.364. The van der Waals surface area contributed by atoms with E-state index in [9.17, 15) is 4.79 Å². The van der Waals surface area contributed by atoms with Gasteiger partial charge in [-0.25, -0.2) is 0 Å². The van der Waals surface area contributed by atoms with E-state index in [1.54, 1.807) is 0 Å². The monoisotopic (exact) mass is 334 g/mol. The van der Waals surface area contributed by atoms with Crippen LogP contribution >= 0.6 is 0 Å². The second kappa shape index (κ2) is 9.40. The Labute approximate surface area is 147 Å². The van der Waals surface area contributed by atoms with Crippen molar-refractivity contribution in [1.82, 2.24) is 0 Å². The predicted molar refractivity (Wildman–Crippen MR) is 106 cm³/mol. The molecule has 24 heavy (non-hydrogen) atoms. The molecule has 0 spiro atoms. The molecule has 5 heteroatoms. The van der Waals surface area contributed by atoms with Gasteiger partial charge in [-0.2, -0.15) is 0 Å². The van der Waals surface area contributed by atoms with Crippen LogP contribution in [0.5, 0.6) is 0 Å². The van der Waals surface area contributed by atoms with Gasteiger partial charge < -0.3 is 20.4 Å². The molecule has 0 aliphatic carbocycles. The molecule has 0 aliphatic heterocycles. The fraction of sp³-hybridized carbons (Fsp3) is 0.632. The Morgan fingerprint density at radius 3 is 1.54 bits per heavy atom. The van der Waals surface area contributed by atoms with E-state index in [2.05, 4.69) is 56.2 Å². The largest absolute Gasteiger partial charge is 0.370 e. The average Bonchev–Trinajstić information content (AvgIpc) is 2.59. The highest BCUT2D eigenvalue weighted by Gasteiger charge is 2.25. The second-order valence-electron chi connectivity index (χ2n) is 5.71. The van der Waals surface area contributed by atoms with Crippen LogP contribution in [0.3, 0.4) is 0 Å². The Morgan fingerprint density at radius 1 is 0.750 bits per heavy atom. The molecule has 0 atom stereocenters. The Balaban J connectivity index is 3.81. The number of nitrogens with zero attached hydrogens (tertiary/aromatic N) is 3. The number of carbonyl (C=O) groups excluding carboxylic acids is 1. The molecular weight excluding hydrogens is 300 g/mol. The maximum Gasteiger partial charge on any atom is 0.250 e. The SMILES string of the molecule is CCN(CC)c1ccc(C(N)=O)c(N(CC)CC)c1N(CC)CC. The predicted octanol–water partition coefficient (Wildman–Crippen LogP) is 3.32. The van der Waals surface area contributed by atoms with Crippen LogP contribution in [0.2, 0.25) is 0 Å². The Hall–Kier alpha value is -1.91. The van der Waals surface area contributed by atoms with Gasteiger partial charge in [-0.15, -0.1) is 0 Å². The van der Waals surface area contributed by atoms with Gasteiger partial charge in [-0.3, -0.25) is 4.79 Å². The van der Waals surface area contributed by atoms with Gasteiger partial charge in [0.1, 0.15) is 0 Å². The van der Waals surface area contributed by atoms with Crippen LogP contribution in [-0.4, -0.2) is 45.2 Å². The number of benzene rings is 1. The van der Waals surface area contributed by atoms with Crippen molar-refractivity contribution in [1.29, 1.82) is 0 Å². The molecule has 5 nitrogen and oxygen atoms in total. The first kappa shape index (κ1) is 20.1. The number of hydrogen-bond donors (Lipinski definition) is 1. The fourth-order valence-corrected chi connectivity index (χ4v) is 3.30. The minimum Gasteiger partial charge on any atom is -0.370 e. The lowest BCUT2D eigenvalue weighted by Crippen LogP contribution is -2.33. The summed E-state index contributed by atoms with van der Waals surface area (Å²) in [7, 11) is 0. The van der Waals surface area contributed by atoms with Gasteiger partial charge in [0.05, 0.1) is 22.6 Å². The van der Waals surface area contributed by atoms with E-state index in [-0.39, 0.29) is 5.91 Å². The van der Waals surface area contributed by atoms with Crippen molar-refractivity contribution < 1.29 is 4.79 Å². The van der Waals surface area contributed by atoms with Crippen LogP contribution in [-0.2, 0) is 0 Å². The third kappa shape index (κ3) is 3.94. The zero-order valence-electron chi connectivity index (χ0n) is 16.2. The van der Waals surface area contributed by atoms with Crippen LogP contribution in [0.1, 0.15) is 51.9 Å². The van der Waals surface area contributed by atoms with Crippen LogP contribution in [0.15, 0.2) is 12.1 Å². The molecule has 0 heterocycles. The molecule has 1 aromatic rings. The van der Waals surface area contributed by atoms with Gasteiger partial charge in [0.25, 0.3) is 5.91 Å². The number of anilines is 3. The molecule has 1 aromatic carbocycles. The lowest BCUT2D eigenvalue weighted by atomic mass is 10.0. The summed E-state index contributed by atoms with van der Waals surface area (Å²) in [6.45, 7) is 18.2. The normalized spacial score (nSPS) is 10.6. The number of primary amides is 1. The van der Waals surface area contributed by atoms with Gasteiger partial charge in [-0.1, -0.05) is 0 Å². The van der Waals surface area contributed by atoms with Gasteiger partial charge >= 0.3 is 0 Å². The van der Waals surface area contributed by atoms with Crippen molar-refractivity contribution in [2.45, 2.75) is 41.5 Å². The van der Waals surface area contributed by atoms with Gasteiger partial charge in [-0.05, 0) is 53.7 Å². The summed E-state index contributed by atoms with van der Waals surface area (Å²) in [6, 6.07) is 3.93. The molecule has 0 bridgehead atoms. The Bertz CT molecular complexity index is 532. The van der Waals surface area contributed by atoms with Crippen molar-refractivity contribution in [3.8, 4) is 0 Å². The molecule has 0 radical (unpaired) electrons. The number of nitrogens with two attached hydrogens (primary N) is 1. The van der Waals surface area contributed by atoms with Crippen LogP contribution in [0.4, 0.5) is 17.1 Å². The molecule has 0 aliphatic rings. The van der Waals surface area contributed by atoms with Crippen molar-refractivity contribution >= 4 is 23.0 Å². The Kier molecular flexibility index (Phi) is 7.89. The first-order valence-electron chi connectivity index (χ1n) is 9.21. The summed E-state index contributed by atoms with van der Waals surface area (Å²) in [5, 5.41) is 0. The summed E-state index contributed by atoms with van der Waals surface area (Å²) in [5.41, 5.74) is 9.59. The van der Waals surface area contributed by atoms with Gasteiger partial charge in [0, 0.05) is 39.3 Å². The van der Waals surface area contributed by atoms with E-state index in [4.69, 9.17) is 5.73 Å². The number of carbonyl (C=O) groups is 1. The molecule has 0 aromatic heterocycles. The summed E-state index contributed by atoms with van der Waals surface area (Å²) in [4.78, 5) is 19.0. The van der Waals surface area contributed by atoms with E-state index in [1.165, 1.54) is 5.69 Å². The lowest BCUT2D eigenvalue weighted by molar-refractivity contribution is 0.100. The van der Waals surface area contributed by atoms with E-state index < -0.39 is 0 Å². The van der Waals surface area contributed by atoms with Crippen LogP contribution < -0.4 is 20.4 Å². The van der Waals surface area contributed by atoms with Gasteiger partial charge in [0.2, 0.25) is 0 Å². The highest BCUT2D eigenvalue weighted by molar-refractivity contribution is 6.04.